The van der Waals surface area contributed by atoms with Gasteiger partial charge < -0.3 is 4.90 Å². The number of hydrogen-bond acceptors (Lipinski definition) is 1. The SMILES string of the molecule is C=C1C(F)=CC(c2ccccc2)=C(c2c(F)cc(Cl)cc2F)N1CC(F)F. The second-order valence-electron chi connectivity index (χ2n) is 5.81. The molecule has 2 aromatic rings. The van der Waals surface area contributed by atoms with Crippen molar-refractivity contribution in [1.82, 2.24) is 4.90 Å². The maximum Gasteiger partial charge on any atom is 0.256 e. The van der Waals surface area contributed by atoms with Gasteiger partial charge in [0.15, 0.2) is 0 Å². The third-order valence-electron chi connectivity index (χ3n) is 4.05. The summed E-state index contributed by atoms with van der Waals surface area (Å²) < 4.78 is 69.9. The van der Waals surface area contributed by atoms with Crippen molar-refractivity contribution in [1.29, 1.82) is 0 Å². The first-order chi connectivity index (χ1) is 12.8. The number of allylic oxidation sites excluding steroid dienone is 3. The molecule has 1 nitrogen and oxygen atoms in total. The standard InChI is InChI=1S/C20H13ClF5N/c1-11-15(22)9-14(12-5-3-2-4-6-12)20(27(11)10-18(25)26)19-16(23)7-13(21)8-17(19)24/h2-9,18H,1,10H2. The van der Waals surface area contributed by atoms with Crippen LogP contribution in [0.1, 0.15) is 11.1 Å². The largest absolute Gasteiger partial charge is 0.333 e. The monoisotopic (exact) mass is 397 g/mol. The normalized spacial score (nSPS) is 14.9. The Morgan fingerprint density at radius 2 is 1.59 bits per heavy atom. The Morgan fingerprint density at radius 3 is 2.15 bits per heavy atom. The lowest BCUT2D eigenvalue weighted by Crippen LogP contribution is -2.30. The van der Waals surface area contributed by atoms with E-state index in [0.29, 0.717) is 5.56 Å². The molecular formula is C20H13ClF5N. The number of rotatable bonds is 4. The molecule has 27 heavy (non-hydrogen) atoms. The number of halogens is 6. The summed E-state index contributed by atoms with van der Waals surface area (Å²) in [6.07, 6.45) is -1.86. The average Bonchev–Trinajstić information content (AvgIpc) is 2.60. The molecular weight excluding hydrogens is 385 g/mol. The van der Waals surface area contributed by atoms with E-state index in [-0.39, 0.29) is 16.3 Å². The zero-order valence-electron chi connectivity index (χ0n) is 13.8. The van der Waals surface area contributed by atoms with Crippen molar-refractivity contribution in [3.05, 3.63) is 94.4 Å². The van der Waals surface area contributed by atoms with Crippen molar-refractivity contribution in [2.45, 2.75) is 6.43 Å². The topological polar surface area (TPSA) is 3.24 Å². The summed E-state index contributed by atoms with van der Waals surface area (Å²) in [4.78, 5) is 0.789. The van der Waals surface area contributed by atoms with Crippen LogP contribution in [0, 0.1) is 11.6 Å². The van der Waals surface area contributed by atoms with Crippen molar-refractivity contribution in [3.63, 3.8) is 0 Å². The van der Waals surface area contributed by atoms with Crippen molar-refractivity contribution in [2.24, 2.45) is 0 Å². The molecule has 2 aromatic carbocycles. The van der Waals surface area contributed by atoms with Gasteiger partial charge in [-0.25, -0.2) is 22.0 Å². The van der Waals surface area contributed by atoms with Gasteiger partial charge in [-0.05, 0) is 23.8 Å². The van der Waals surface area contributed by atoms with Crippen molar-refractivity contribution >= 4 is 22.9 Å². The molecule has 7 heteroatoms. The molecule has 0 N–H and O–H groups in total. The van der Waals surface area contributed by atoms with E-state index in [1.54, 1.807) is 30.3 Å². The number of hydrogen-bond donors (Lipinski definition) is 0. The van der Waals surface area contributed by atoms with E-state index >= 15 is 0 Å². The van der Waals surface area contributed by atoms with E-state index in [1.807, 2.05) is 0 Å². The highest BCUT2D eigenvalue weighted by Gasteiger charge is 2.32. The van der Waals surface area contributed by atoms with Crippen LogP contribution in [0.2, 0.25) is 5.02 Å². The second kappa shape index (κ2) is 7.56. The maximum atomic E-state index is 14.6. The Bertz CT molecular complexity index is 927. The molecule has 1 heterocycles. The molecule has 0 atom stereocenters. The van der Waals surface area contributed by atoms with E-state index in [0.717, 1.165) is 23.1 Å². The van der Waals surface area contributed by atoms with Crippen molar-refractivity contribution < 1.29 is 22.0 Å². The highest BCUT2D eigenvalue weighted by molar-refractivity contribution is 6.30. The maximum absolute atomic E-state index is 14.6. The van der Waals surface area contributed by atoms with E-state index < -0.39 is 41.7 Å². The first kappa shape index (κ1) is 19.2. The van der Waals surface area contributed by atoms with Gasteiger partial charge in [-0.3, -0.25) is 0 Å². The van der Waals surface area contributed by atoms with E-state index in [9.17, 15) is 22.0 Å². The minimum absolute atomic E-state index is 0.0567. The van der Waals surface area contributed by atoms with Crippen molar-refractivity contribution in [3.8, 4) is 0 Å². The van der Waals surface area contributed by atoms with Gasteiger partial charge in [-0.2, -0.15) is 0 Å². The molecule has 0 bridgehead atoms. The smallest absolute Gasteiger partial charge is 0.256 e. The summed E-state index contributed by atoms with van der Waals surface area (Å²) in [5.41, 5.74) is -0.758. The summed E-state index contributed by atoms with van der Waals surface area (Å²) in [5, 5.41) is -0.188. The Kier molecular flexibility index (Phi) is 5.37. The molecule has 0 aromatic heterocycles. The zero-order valence-corrected chi connectivity index (χ0v) is 14.6. The Morgan fingerprint density at radius 1 is 1.00 bits per heavy atom. The van der Waals surface area contributed by atoms with Crippen LogP contribution in [0.4, 0.5) is 22.0 Å². The lowest BCUT2D eigenvalue weighted by Gasteiger charge is -2.33. The van der Waals surface area contributed by atoms with Gasteiger partial charge in [0.25, 0.3) is 6.43 Å². The Balaban J connectivity index is 2.36. The molecule has 140 valence electrons. The molecule has 0 radical (unpaired) electrons. The van der Waals surface area contributed by atoms with Gasteiger partial charge in [0, 0.05) is 10.6 Å². The zero-order chi connectivity index (χ0) is 19.7. The predicted octanol–water partition coefficient (Wildman–Crippen LogP) is 6.43. The summed E-state index contributed by atoms with van der Waals surface area (Å²) in [5.74, 6) is -2.97. The molecule has 0 spiro atoms. The molecule has 0 saturated carbocycles. The van der Waals surface area contributed by atoms with Crippen LogP contribution >= 0.6 is 11.6 Å². The number of benzene rings is 2. The van der Waals surface area contributed by atoms with Crippen LogP contribution in [0.3, 0.4) is 0 Å². The molecule has 0 amide bonds. The molecule has 0 unspecified atom stereocenters. The molecule has 1 aliphatic heterocycles. The van der Waals surface area contributed by atoms with Crippen LogP contribution < -0.4 is 0 Å². The van der Waals surface area contributed by atoms with Crippen LogP contribution in [0.5, 0.6) is 0 Å². The fourth-order valence-corrected chi connectivity index (χ4v) is 3.09. The summed E-state index contributed by atoms with van der Waals surface area (Å²) in [6.45, 7) is 2.48. The number of alkyl halides is 2. The Hall–Kier alpha value is -2.60. The van der Waals surface area contributed by atoms with Gasteiger partial charge in [0.2, 0.25) is 0 Å². The molecule has 0 saturated heterocycles. The first-order valence-electron chi connectivity index (χ1n) is 7.86. The van der Waals surface area contributed by atoms with Crippen LogP contribution in [0.15, 0.2) is 66.6 Å². The van der Waals surface area contributed by atoms with Gasteiger partial charge in [0.05, 0.1) is 23.5 Å². The third-order valence-corrected chi connectivity index (χ3v) is 4.26. The van der Waals surface area contributed by atoms with Crippen LogP contribution in [0.25, 0.3) is 11.3 Å². The second-order valence-corrected chi connectivity index (χ2v) is 6.25. The fourth-order valence-electron chi connectivity index (χ4n) is 2.90. The molecule has 3 rings (SSSR count). The summed E-state index contributed by atoms with van der Waals surface area (Å²) in [6, 6.07) is 9.88. The van der Waals surface area contributed by atoms with Crippen LogP contribution in [-0.2, 0) is 0 Å². The first-order valence-corrected chi connectivity index (χ1v) is 8.24. The Labute approximate surface area is 157 Å². The molecule has 0 aliphatic carbocycles. The number of nitrogens with zero attached hydrogens (tertiary/aromatic N) is 1. The van der Waals surface area contributed by atoms with Gasteiger partial charge in [0.1, 0.15) is 17.5 Å². The van der Waals surface area contributed by atoms with Gasteiger partial charge in [-0.15, -0.1) is 0 Å². The molecule has 1 aliphatic rings. The van der Waals surface area contributed by atoms with Gasteiger partial charge in [-0.1, -0.05) is 48.5 Å². The highest BCUT2D eigenvalue weighted by Crippen LogP contribution is 2.42. The third kappa shape index (κ3) is 3.76. The summed E-state index contributed by atoms with van der Waals surface area (Å²) >= 11 is 5.67. The van der Waals surface area contributed by atoms with Crippen molar-refractivity contribution in [2.75, 3.05) is 6.54 Å². The fraction of sp³-hybridized carbons (Fsp3) is 0.100. The minimum Gasteiger partial charge on any atom is -0.333 e. The molecule has 0 fully saturated rings. The highest BCUT2D eigenvalue weighted by atomic mass is 35.5. The van der Waals surface area contributed by atoms with E-state index in [4.69, 9.17) is 11.6 Å². The quantitative estimate of drug-likeness (QED) is 0.537. The van der Waals surface area contributed by atoms with Crippen LogP contribution in [-0.4, -0.2) is 17.9 Å². The van der Waals surface area contributed by atoms with Gasteiger partial charge >= 0.3 is 0 Å². The lowest BCUT2D eigenvalue weighted by atomic mass is 9.94. The van der Waals surface area contributed by atoms with E-state index in [2.05, 4.69) is 6.58 Å². The average molecular weight is 398 g/mol. The lowest BCUT2D eigenvalue weighted by molar-refractivity contribution is 0.122. The van der Waals surface area contributed by atoms with E-state index in [1.165, 1.54) is 0 Å². The predicted molar refractivity (Wildman–Crippen MR) is 95.7 cm³/mol. The summed E-state index contributed by atoms with van der Waals surface area (Å²) in [7, 11) is 0. The minimum atomic E-state index is -2.89.